The molecule has 68 valence electrons. The van der Waals surface area contributed by atoms with E-state index >= 15 is 0 Å². The standard InChI is InChI=1S/C10H13N3/c11-13-7-4-9(5-8-13)10-3-1-2-6-12-10/h1-4,6H,5,7-8,11H2. The first kappa shape index (κ1) is 8.41. The topological polar surface area (TPSA) is 42.1 Å². The van der Waals surface area contributed by atoms with Crippen LogP contribution in [-0.2, 0) is 0 Å². The van der Waals surface area contributed by atoms with Crippen LogP contribution in [0.3, 0.4) is 0 Å². The Kier molecular flexibility index (Phi) is 2.38. The summed E-state index contributed by atoms with van der Waals surface area (Å²) >= 11 is 0. The van der Waals surface area contributed by atoms with E-state index in [0.717, 1.165) is 25.2 Å². The summed E-state index contributed by atoms with van der Waals surface area (Å²) in [6, 6.07) is 5.98. The van der Waals surface area contributed by atoms with Crippen molar-refractivity contribution in [3.05, 3.63) is 36.2 Å². The third-order valence-electron chi connectivity index (χ3n) is 2.23. The molecule has 0 fully saturated rings. The maximum absolute atomic E-state index is 5.64. The molecule has 2 rings (SSSR count). The molecular weight excluding hydrogens is 162 g/mol. The van der Waals surface area contributed by atoms with E-state index in [2.05, 4.69) is 11.1 Å². The Bertz CT molecular complexity index is 305. The van der Waals surface area contributed by atoms with Crippen LogP contribution in [0.2, 0.25) is 0 Å². The fourth-order valence-corrected chi connectivity index (χ4v) is 1.47. The molecule has 1 aliphatic rings. The maximum Gasteiger partial charge on any atom is 0.0659 e. The second kappa shape index (κ2) is 3.68. The van der Waals surface area contributed by atoms with Crippen molar-refractivity contribution >= 4 is 5.57 Å². The third-order valence-corrected chi connectivity index (χ3v) is 2.23. The summed E-state index contributed by atoms with van der Waals surface area (Å²) in [5.74, 6) is 5.64. The highest BCUT2D eigenvalue weighted by Crippen LogP contribution is 2.18. The van der Waals surface area contributed by atoms with E-state index in [0.29, 0.717) is 0 Å². The van der Waals surface area contributed by atoms with Gasteiger partial charge in [0, 0.05) is 19.3 Å². The van der Waals surface area contributed by atoms with Gasteiger partial charge in [-0.05, 0) is 24.1 Å². The number of hydrazine groups is 1. The van der Waals surface area contributed by atoms with Gasteiger partial charge in [-0.25, -0.2) is 5.01 Å². The molecule has 3 heteroatoms. The lowest BCUT2D eigenvalue weighted by molar-refractivity contribution is 0.314. The molecule has 0 aromatic carbocycles. The summed E-state index contributed by atoms with van der Waals surface area (Å²) in [5.41, 5.74) is 2.39. The minimum Gasteiger partial charge on any atom is -0.268 e. The van der Waals surface area contributed by atoms with Crippen molar-refractivity contribution in [3.63, 3.8) is 0 Å². The first-order valence-electron chi connectivity index (χ1n) is 4.46. The van der Waals surface area contributed by atoms with E-state index in [1.807, 2.05) is 29.4 Å². The van der Waals surface area contributed by atoms with E-state index in [1.165, 1.54) is 5.57 Å². The monoisotopic (exact) mass is 175 g/mol. The molecule has 0 saturated carbocycles. The molecule has 0 spiro atoms. The first-order valence-corrected chi connectivity index (χ1v) is 4.46. The summed E-state index contributed by atoms with van der Waals surface area (Å²) in [5, 5.41) is 1.81. The molecule has 1 aromatic heterocycles. The number of nitrogens with two attached hydrogens (primary N) is 1. The van der Waals surface area contributed by atoms with Crippen LogP contribution < -0.4 is 5.84 Å². The van der Waals surface area contributed by atoms with Crippen LogP contribution in [0.5, 0.6) is 0 Å². The molecule has 0 atom stereocenters. The van der Waals surface area contributed by atoms with Crippen molar-refractivity contribution in [2.45, 2.75) is 6.42 Å². The Hall–Kier alpha value is -1.19. The highest BCUT2D eigenvalue weighted by atomic mass is 15.4. The maximum atomic E-state index is 5.64. The normalized spacial score (nSPS) is 18.4. The zero-order valence-corrected chi connectivity index (χ0v) is 7.48. The Labute approximate surface area is 77.9 Å². The Balaban J connectivity index is 2.19. The van der Waals surface area contributed by atoms with Crippen molar-refractivity contribution < 1.29 is 0 Å². The number of nitrogens with zero attached hydrogens (tertiary/aromatic N) is 2. The highest BCUT2D eigenvalue weighted by molar-refractivity contribution is 5.63. The molecule has 1 aromatic rings. The second-order valence-electron chi connectivity index (χ2n) is 3.19. The van der Waals surface area contributed by atoms with Crippen molar-refractivity contribution in [3.8, 4) is 0 Å². The van der Waals surface area contributed by atoms with E-state index in [1.54, 1.807) is 0 Å². The van der Waals surface area contributed by atoms with Gasteiger partial charge in [-0.1, -0.05) is 12.1 Å². The van der Waals surface area contributed by atoms with Crippen LogP contribution >= 0.6 is 0 Å². The van der Waals surface area contributed by atoms with E-state index in [9.17, 15) is 0 Å². The van der Waals surface area contributed by atoms with Gasteiger partial charge in [0.05, 0.1) is 5.69 Å². The smallest absolute Gasteiger partial charge is 0.0659 e. The molecule has 1 aliphatic heterocycles. The lowest BCUT2D eigenvalue weighted by Crippen LogP contribution is -2.34. The van der Waals surface area contributed by atoms with Gasteiger partial charge in [0.1, 0.15) is 0 Å². The van der Waals surface area contributed by atoms with Crippen LogP contribution in [0.25, 0.3) is 5.57 Å². The van der Waals surface area contributed by atoms with E-state index in [-0.39, 0.29) is 0 Å². The molecule has 2 heterocycles. The van der Waals surface area contributed by atoms with Gasteiger partial charge in [-0.3, -0.25) is 10.8 Å². The lowest BCUT2D eigenvalue weighted by Gasteiger charge is -2.20. The van der Waals surface area contributed by atoms with Gasteiger partial charge < -0.3 is 0 Å². The Morgan fingerprint density at radius 1 is 1.38 bits per heavy atom. The van der Waals surface area contributed by atoms with Crippen molar-refractivity contribution in [1.29, 1.82) is 0 Å². The SMILES string of the molecule is NN1CC=C(c2ccccn2)CC1. The van der Waals surface area contributed by atoms with Gasteiger partial charge in [0.2, 0.25) is 0 Å². The number of hydrogen-bond acceptors (Lipinski definition) is 3. The number of aromatic nitrogens is 1. The second-order valence-corrected chi connectivity index (χ2v) is 3.19. The van der Waals surface area contributed by atoms with Crippen molar-refractivity contribution in [2.24, 2.45) is 5.84 Å². The minimum absolute atomic E-state index is 0.825. The predicted molar refractivity (Wildman–Crippen MR) is 52.6 cm³/mol. The number of pyridine rings is 1. The molecule has 2 N–H and O–H groups in total. The molecule has 0 amide bonds. The summed E-state index contributed by atoms with van der Waals surface area (Å²) in [7, 11) is 0. The molecule has 0 aliphatic carbocycles. The molecule has 0 saturated heterocycles. The quantitative estimate of drug-likeness (QED) is 0.648. The van der Waals surface area contributed by atoms with Crippen LogP contribution in [0.15, 0.2) is 30.5 Å². The van der Waals surface area contributed by atoms with Gasteiger partial charge in [-0.15, -0.1) is 0 Å². The molecule has 0 unspecified atom stereocenters. The minimum atomic E-state index is 0.825. The third kappa shape index (κ3) is 1.94. The Morgan fingerprint density at radius 2 is 2.31 bits per heavy atom. The summed E-state index contributed by atoms with van der Waals surface area (Å²) < 4.78 is 0. The highest BCUT2D eigenvalue weighted by Gasteiger charge is 2.09. The molecule has 13 heavy (non-hydrogen) atoms. The predicted octanol–water partition coefficient (Wildman–Crippen LogP) is 1.04. The van der Waals surface area contributed by atoms with Crippen LogP contribution in [0, 0.1) is 0 Å². The Morgan fingerprint density at radius 3 is 2.92 bits per heavy atom. The van der Waals surface area contributed by atoms with Gasteiger partial charge in [-0.2, -0.15) is 0 Å². The van der Waals surface area contributed by atoms with Gasteiger partial charge in [0.15, 0.2) is 0 Å². The van der Waals surface area contributed by atoms with Gasteiger partial charge in [0.25, 0.3) is 0 Å². The lowest BCUT2D eigenvalue weighted by atomic mass is 10.1. The molecule has 0 bridgehead atoms. The summed E-state index contributed by atoms with van der Waals surface area (Å²) in [4.78, 5) is 4.30. The van der Waals surface area contributed by atoms with Crippen LogP contribution in [0.4, 0.5) is 0 Å². The van der Waals surface area contributed by atoms with Gasteiger partial charge >= 0.3 is 0 Å². The molecular formula is C10H13N3. The number of rotatable bonds is 1. The zero-order valence-electron chi connectivity index (χ0n) is 7.48. The summed E-state index contributed by atoms with van der Waals surface area (Å²) in [6.07, 6.45) is 4.96. The van der Waals surface area contributed by atoms with E-state index in [4.69, 9.17) is 5.84 Å². The van der Waals surface area contributed by atoms with Crippen LogP contribution in [0.1, 0.15) is 12.1 Å². The average Bonchev–Trinajstić information content (AvgIpc) is 2.20. The first-order chi connectivity index (χ1) is 6.36. The van der Waals surface area contributed by atoms with E-state index < -0.39 is 0 Å². The fraction of sp³-hybridized carbons (Fsp3) is 0.300. The average molecular weight is 175 g/mol. The largest absolute Gasteiger partial charge is 0.268 e. The van der Waals surface area contributed by atoms with Crippen molar-refractivity contribution in [2.75, 3.05) is 13.1 Å². The molecule has 0 radical (unpaired) electrons. The van der Waals surface area contributed by atoms with Crippen molar-refractivity contribution in [1.82, 2.24) is 9.99 Å². The summed E-state index contributed by atoms with van der Waals surface area (Å²) in [6.45, 7) is 1.74. The zero-order chi connectivity index (χ0) is 9.10. The number of hydrogen-bond donors (Lipinski definition) is 1. The molecule has 3 nitrogen and oxygen atoms in total. The van der Waals surface area contributed by atoms with Crippen LogP contribution in [-0.4, -0.2) is 23.1 Å². The fourth-order valence-electron chi connectivity index (χ4n) is 1.47.